The number of oxazole rings is 1. The molecule has 1 aliphatic heterocycles. The van der Waals surface area contributed by atoms with E-state index in [1.54, 1.807) is 0 Å². The highest BCUT2D eigenvalue weighted by Gasteiger charge is 2.27. The van der Waals surface area contributed by atoms with Crippen LogP contribution in [0.1, 0.15) is 11.5 Å². The minimum absolute atomic E-state index is 0.851. The van der Waals surface area contributed by atoms with Crippen LogP contribution >= 0.6 is 0 Å². The Balaban J connectivity index is 2.05. The number of morpholine rings is 1. The smallest absolute Gasteiger partial charge is 0.181 e. The minimum atomic E-state index is 0.851. The van der Waals surface area contributed by atoms with Crippen molar-refractivity contribution >= 4 is 0 Å². The highest BCUT2D eigenvalue weighted by Crippen LogP contribution is 2.16. The second-order valence-corrected chi connectivity index (χ2v) is 4.20. The van der Waals surface area contributed by atoms with Crippen LogP contribution in [0.3, 0.4) is 0 Å². The zero-order valence-electron chi connectivity index (χ0n) is 8.82. The quantitative estimate of drug-likeness (QED) is 0.662. The third-order valence-corrected chi connectivity index (χ3v) is 2.92. The number of hydrogen-bond donors (Lipinski definition) is 0. The van der Waals surface area contributed by atoms with Crippen LogP contribution in [0.2, 0.25) is 0 Å². The van der Waals surface area contributed by atoms with Crippen LogP contribution in [-0.2, 0) is 11.3 Å². The van der Waals surface area contributed by atoms with E-state index in [0.717, 1.165) is 48.8 Å². The topological polar surface area (TPSA) is 35.3 Å². The molecule has 0 aromatic carbocycles. The van der Waals surface area contributed by atoms with Crippen molar-refractivity contribution in [3.05, 3.63) is 17.8 Å². The number of ether oxygens (including phenoxy) is 1. The molecule has 4 heteroatoms. The van der Waals surface area contributed by atoms with E-state index in [1.165, 1.54) is 6.39 Å². The number of quaternary nitrogens is 1. The molecule has 78 valence electrons. The highest BCUT2D eigenvalue weighted by molar-refractivity contribution is 5.02. The van der Waals surface area contributed by atoms with Crippen LogP contribution in [0.25, 0.3) is 0 Å². The standard InChI is InChI=1S/C10H17N2O2/c1-9-10(14-8-11-9)7-12(2)3-5-13-6-4-12/h8H,3-7H2,1-2H3/q+1. The number of likely N-dealkylation sites (N-methyl/N-ethyl adjacent to an activating group) is 1. The number of rotatable bonds is 2. The van der Waals surface area contributed by atoms with Gasteiger partial charge in [0.25, 0.3) is 0 Å². The van der Waals surface area contributed by atoms with Crippen LogP contribution in [0.5, 0.6) is 0 Å². The summed E-state index contributed by atoms with van der Waals surface area (Å²) < 4.78 is 11.7. The first-order chi connectivity index (χ1) is 6.70. The summed E-state index contributed by atoms with van der Waals surface area (Å²) in [5.74, 6) is 1.01. The maximum absolute atomic E-state index is 5.36. The van der Waals surface area contributed by atoms with E-state index in [-0.39, 0.29) is 0 Å². The average molecular weight is 197 g/mol. The molecule has 0 unspecified atom stereocenters. The molecule has 0 radical (unpaired) electrons. The van der Waals surface area contributed by atoms with Crippen LogP contribution in [0, 0.1) is 6.92 Å². The van der Waals surface area contributed by atoms with Crippen molar-refractivity contribution in [1.82, 2.24) is 4.98 Å². The summed E-state index contributed by atoms with van der Waals surface area (Å²) in [6.07, 6.45) is 1.53. The van der Waals surface area contributed by atoms with Gasteiger partial charge in [-0.3, -0.25) is 0 Å². The third-order valence-electron chi connectivity index (χ3n) is 2.92. The fourth-order valence-electron chi connectivity index (χ4n) is 1.77. The van der Waals surface area contributed by atoms with Gasteiger partial charge in [0.15, 0.2) is 12.2 Å². The Hall–Kier alpha value is -0.870. The Labute approximate surface area is 84.1 Å². The SMILES string of the molecule is Cc1ncoc1C[N+]1(C)CCOCC1. The van der Waals surface area contributed by atoms with E-state index in [1.807, 2.05) is 6.92 Å². The van der Waals surface area contributed by atoms with Gasteiger partial charge in [0.1, 0.15) is 19.6 Å². The molecule has 0 saturated carbocycles. The first kappa shape index (κ1) is 9.68. The van der Waals surface area contributed by atoms with Crippen molar-refractivity contribution in [2.75, 3.05) is 33.4 Å². The van der Waals surface area contributed by atoms with Crippen molar-refractivity contribution < 1.29 is 13.6 Å². The summed E-state index contributed by atoms with van der Waals surface area (Å²) in [6, 6.07) is 0. The fourth-order valence-corrected chi connectivity index (χ4v) is 1.77. The van der Waals surface area contributed by atoms with Crippen molar-refractivity contribution in [1.29, 1.82) is 0 Å². The van der Waals surface area contributed by atoms with Crippen LogP contribution < -0.4 is 0 Å². The molecule has 0 aliphatic carbocycles. The van der Waals surface area contributed by atoms with Gasteiger partial charge in [0.05, 0.1) is 26.0 Å². The summed E-state index contributed by atoms with van der Waals surface area (Å²) in [4.78, 5) is 4.11. The van der Waals surface area contributed by atoms with Gasteiger partial charge in [-0.2, -0.15) is 0 Å². The van der Waals surface area contributed by atoms with Gasteiger partial charge in [0, 0.05) is 0 Å². The number of aromatic nitrogens is 1. The largest absolute Gasteiger partial charge is 0.442 e. The number of hydrogen-bond acceptors (Lipinski definition) is 3. The van der Waals surface area contributed by atoms with Gasteiger partial charge in [-0.15, -0.1) is 0 Å². The molecule has 0 spiro atoms. The lowest BCUT2D eigenvalue weighted by Crippen LogP contribution is -2.51. The first-order valence-corrected chi connectivity index (χ1v) is 5.00. The van der Waals surface area contributed by atoms with Crippen molar-refractivity contribution in [2.24, 2.45) is 0 Å². The van der Waals surface area contributed by atoms with E-state index in [0.29, 0.717) is 0 Å². The Morgan fingerprint density at radius 2 is 2.14 bits per heavy atom. The lowest BCUT2D eigenvalue weighted by molar-refractivity contribution is -0.930. The number of aryl methyl sites for hydroxylation is 1. The maximum atomic E-state index is 5.36. The van der Waals surface area contributed by atoms with Crippen LogP contribution in [0.15, 0.2) is 10.8 Å². The Bertz CT molecular complexity index is 303. The first-order valence-electron chi connectivity index (χ1n) is 5.00. The summed E-state index contributed by atoms with van der Waals surface area (Å²) in [5, 5.41) is 0. The molecule has 1 aromatic heterocycles. The van der Waals surface area contributed by atoms with Gasteiger partial charge in [-0.1, -0.05) is 0 Å². The Morgan fingerprint density at radius 1 is 1.43 bits per heavy atom. The zero-order valence-corrected chi connectivity index (χ0v) is 8.82. The average Bonchev–Trinajstić information content (AvgIpc) is 2.52. The predicted molar refractivity (Wildman–Crippen MR) is 51.7 cm³/mol. The molecule has 0 bridgehead atoms. The van der Waals surface area contributed by atoms with E-state index in [4.69, 9.17) is 9.15 Å². The molecule has 1 aromatic rings. The van der Waals surface area contributed by atoms with Gasteiger partial charge >= 0.3 is 0 Å². The third kappa shape index (κ3) is 1.96. The van der Waals surface area contributed by atoms with Gasteiger partial charge in [0.2, 0.25) is 0 Å². The second-order valence-electron chi connectivity index (χ2n) is 4.20. The molecular weight excluding hydrogens is 180 g/mol. The molecule has 1 aliphatic rings. The number of nitrogens with zero attached hydrogens (tertiary/aromatic N) is 2. The molecular formula is C10H17N2O2+. The lowest BCUT2D eigenvalue weighted by atomic mass is 10.2. The lowest BCUT2D eigenvalue weighted by Gasteiger charge is -2.36. The van der Waals surface area contributed by atoms with E-state index in [2.05, 4.69) is 12.0 Å². The molecule has 2 rings (SSSR count). The summed E-state index contributed by atoms with van der Waals surface area (Å²) in [6.45, 7) is 6.73. The van der Waals surface area contributed by atoms with Crippen molar-refractivity contribution in [3.63, 3.8) is 0 Å². The molecule has 14 heavy (non-hydrogen) atoms. The van der Waals surface area contributed by atoms with E-state index in [9.17, 15) is 0 Å². The van der Waals surface area contributed by atoms with E-state index >= 15 is 0 Å². The van der Waals surface area contributed by atoms with Crippen molar-refractivity contribution in [3.8, 4) is 0 Å². The maximum Gasteiger partial charge on any atom is 0.181 e. The molecule has 0 N–H and O–H groups in total. The minimum Gasteiger partial charge on any atom is -0.442 e. The van der Waals surface area contributed by atoms with Crippen LogP contribution in [0.4, 0.5) is 0 Å². The molecule has 4 nitrogen and oxygen atoms in total. The predicted octanol–water partition coefficient (Wildman–Crippen LogP) is 0.960. The van der Waals surface area contributed by atoms with Crippen molar-refractivity contribution in [2.45, 2.75) is 13.5 Å². The zero-order chi connectivity index (χ0) is 10.0. The molecule has 0 atom stereocenters. The summed E-state index contributed by atoms with van der Waals surface area (Å²) >= 11 is 0. The Kier molecular flexibility index (Phi) is 2.56. The molecule has 2 heterocycles. The molecule has 1 saturated heterocycles. The molecule has 1 fully saturated rings. The van der Waals surface area contributed by atoms with Gasteiger partial charge < -0.3 is 13.6 Å². The monoisotopic (exact) mass is 197 g/mol. The Morgan fingerprint density at radius 3 is 2.71 bits per heavy atom. The van der Waals surface area contributed by atoms with Gasteiger partial charge in [-0.25, -0.2) is 4.98 Å². The fraction of sp³-hybridized carbons (Fsp3) is 0.700. The summed E-state index contributed by atoms with van der Waals surface area (Å²) in [5.41, 5.74) is 1.01. The molecule has 0 amide bonds. The summed E-state index contributed by atoms with van der Waals surface area (Å²) in [7, 11) is 2.24. The highest BCUT2D eigenvalue weighted by atomic mass is 16.5. The second kappa shape index (κ2) is 3.71. The van der Waals surface area contributed by atoms with Crippen LogP contribution in [-0.4, -0.2) is 42.8 Å². The van der Waals surface area contributed by atoms with Gasteiger partial charge in [-0.05, 0) is 6.92 Å². The van der Waals surface area contributed by atoms with E-state index < -0.39 is 0 Å². The normalized spacial score (nSPS) is 21.0.